The second-order valence-electron chi connectivity index (χ2n) is 5.94. The van der Waals surface area contributed by atoms with Crippen LogP contribution in [0.3, 0.4) is 0 Å². The van der Waals surface area contributed by atoms with Crippen molar-refractivity contribution in [3.05, 3.63) is 28.5 Å². The third-order valence-electron chi connectivity index (χ3n) is 4.01. The second kappa shape index (κ2) is 8.10. The average Bonchev–Trinajstić information content (AvgIpc) is 2.55. The van der Waals surface area contributed by atoms with Crippen LogP contribution in [-0.2, 0) is 20.5 Å². The summed E-state index contributed by atoms with van der Waals surface area (Å²) in [4.78, 5) is 15.5. The molecule has 1 amide bonds. The Balaban J connectivity index is 2.01. The molecule has 0 aliphatic heterocycles. The molecule has 1 fully saturated rings. The molecule has 1 aromatic heterocycles. The summed E-state index contributed by atoms with van der Waals surface area (Å²) in [5.74, 6) is -1.05. The molecule has 146 valence electrons. The van der Waals surface area contributed by atoms with Gasteiger partial charge in [-0.25, -0.2) is 4.98 Å². The number of carbonyl (C=O) groups is 1. The first-order chi connectivity index (χ1) is 12.0. The van der Waals surface area contributed by atoms with Crippen molar-refractivity contribution in [1.82, 2.24) is 10.3 Å². The van der Waals surface area contributed by atoms with Crippen molar-refractivity contribution in [2.75, 3.05) is 5.75 Å². The molecule has 0 spiro atoms. The maximum atomic E-state index is 13.0. The standard InChI is InChI=1S/C15H18ClF3N2O4S/c1-2-26(23,24)25-11-5-3-10(4-6-11)21-14(22)12-7-9(16)8-20-13(12)15(17,18)19/h7-8,10-11H,2-6H2,1H3,(H,21,22). The molecular weight excluding hydrogens is 397 g/mol. The number of alkyl halides is 3. The molecule has 1 aliphatic carbocycles. The highest BCUT2D eigenvalue weighted by Crippen LogP contribution is 2.32. The fraction of sp³-hybridized carbons (Fsp3) is 0.600. The Kier molecular flexibility index (Phi) is 6.51. The van der Waals surface area contributed by atoms with Gasteiger partial charge >= 0.3 is 6.18 Å². The fourth-order valence-corrected chi connectivity index (χ4v) is 3.58. The number of nitrogens with zero attached hydrogens (tertiary/aromatic N) is 1. The van der Waals surface area contributed by atoms with Crippen molar-refractivity contribution in [3.63, 3.8) is 0 Å². The Morgan fingerprint density at radius 1 is 1.35 bits per heavy atom. The fourth-order valence-electron chi connectivity index (χ4n) is 2.68. The number of hydrogen-bond donors (Lipinski definition) is 1. The second-order valence-corrected chi connectivity index (χ2v) is 8.26. The minimum Gasteiger partial charge on any atom is -0.349 e. The van der Waals surface area contributed by atoms with Gasteiger partial charge in [0.25, 0.3) is 16.0 Å². The summed E-state index contributed by atoms with van der Waals surface area (Å²) < 4.78 is 67.0. The van der Waals surface area contributed by atoms with E-state index in [1.54, 1.807) is 0 Å². The minimum atomic E-state index is -4.78. The van der Waals surface area contributed by atoms with Crippen LogP contribution in [0.15, 0.2) is 12.3 Å². The zero-order valence-electron chi connectivity index (χ0n) is 13.8. The molecule has 1 heterocycles. The summed E-state index contributed by atoms with van der Waals surface area (Å²) in [6, 6.07) is 0.543. The van der Waals surface area contributed by atoms with Gasteiger partial charge in [-0.3, -0.25) is 8.98 Å². The maximum Gasteiger partial charge on any atom is 0.434 e. The van der Waals surface area contributed by atoms with Gasteiger partial charge in [0.15, 0.2) is 5.69 Å². The van der Waals surface area contributed by atoms with E-state index in [2.05, 4.69) is 10.3 Å². The summed E-state index contributed by atoms with van der Waals surface area (Å²) in [6.45, 7) is 1.47. The van der Waals surface area contributed by atoms with Crippen LogP contribution in [0.5, 0.6) is 0 Å². The van der Waals surface area contributed by atoms with Gasteiger partial charge in [-0.2, -0.15) is 21.6 Å². The highest BCUT2D eigenvalue weighted by Gasteiger charge is 2.38. The first kappa shape index (κ1) is 20.9. The molecule has 0 unspecified atom stereocenters. The summed E-state index contributed by atoms with van der Waals surface area (Å²) in [5, 5.41) is 2.45. The number of pyridine rings is 1. The van der Waals surface area contributed by atoms with Crippen LogP contribution >= 0.6 is 11.6 Å². The van der Waals surface area contributed by atoms with Crippen LogP contribution in [0.4, 0.5) is 13.2 Å². The van der Waals surface area contributed by atoms with Crippen molar-refractivity contribution in [1.29, 1.82) is 0 Å². The van der Waals surface area contributed by atoms with Gasteiger partial charge in [-0.05, 0) is 38.7 Å². The smallest absolute Gasteiger partial charge is 0.349 e. The van der Waals surface area contributed by atoms with Crippen LogP contribution < -0.4 is 5.32 Å². The first-order valence-electron chi connectivity index (χ1n) is 7.96. The largest absolute Gasteiger partial charge is 0.434 e. The van der Waals surface area contributed by atoms with Crippen molar-refractivity contribution in [3.8, 4) is 0 Å². The van der Waals surface area contributed by atoms with Crippen LogP contribution in [0.25, 0.3) is 0 Å². The lowest BCUT2D eigenvalue weighted by Gasteiger charge is -2.28. The van der Waals surface area contributed by atoms with E-state index in [-0.39, 0.29) is 16.8 Å². The molecule has 1 saturated carbocycles. The highest BCUT2D eigenvalue weighted by molar-refractivity contribution is 7.86. The zero-order valence-corrected chi connectivity index (χ0v) is 15.4. The number of aromatic nitrogens is 1. The Bertz CT molecular complexity index is 763. The molecule has 2 rings (SSSR count). The molecule has 6 nitrogen and oxygen atoms in total. The molecule has 1 aliphatic rings. The maximum absolute atomic E-state index is 13.0. The van der Waals surface area contributed by atoms with Gasteiger partial charge in [0.05, 0.1) is 22.4 Å². The Morgan fingerprint density at radius 3 is 2.50 bits per heavy atom. The van der Waals surface area contributed by atoms with Gasteiger partial charge in [0, 0.05) is 12.2 Å². The molecule has 1 aromatic rings. The molecule has 0 radical (unpaired) electrons. The molecule has 0 aromatic carbocycles. The normalized spacial score (nSPS) is 21.4. The first-order valence-corrected chi connectivity index (χ1v) is 9.92. The Labute approximate surface area is 154 Å². The Morgan fingerprint density at radius 2 is 1.96 bits per heavy atom. The van der Waals surface area contributed by atoms with E-state index < -0.39 is 39.6 Å². The number of nitrogens with one attached hydrogen (secondary N) is 1. The van der Waals surface area contributed by atoms with Crippen molar-refractivity contribution in [2.45, 2.75) is 50.9 Å². The predicted octanol–water partition coefficient (Wildman–Crippen LogP) is 3.16. The van der Waals surface area contributed by atoms with Gasteiger partial charge in [-0.15, -0.1) is 0 Å². The lowest BCUT2D eigenvalue weighted by atomic mass is 9.93. The SMILES string of the molecule is CCS(=O)(=O)OC1CCC(NC(=O)c2cc(Cl)cnc2C(F)(F)F)CC1. The number of hydrogen-bond acceptors (Lipinski definition) is 5. The van der Waals surface area contributed by atoms with E-state index >= 15 is 0 Å². The zero-order chi connectivity index (χ0) is 19.5. The molecule has 26 heavy (non-hydrogen) atoms. The van der Waals surface area contributed by atoms with E-state index in [4.69, 9.17) is 15.8 Å². The number of halogens is 4. The third kappa shape index (κ3) is 5.55. The lowest BCUT2D eigenvalue weighted by molar-refractivity contribution is -0.141. The monoisotopic (exact) mass is 414 g/mol. The summed E-state index contributed by atoms with van der Waals surface area (Å²) in [6.07, 6.45) is -2.88. The van der Waals surface area contributed by atoms with E-state index in [1.165, 1.54) is 6.92 Å². The molecular formula is C15H18ClF3N2O4S. The topological polar surface area (TPSA) is 85.4 Å². The van der Waals surface area contributed by atoms with E-state index in [9.17, 15) is 26.4 Å². The minimum absolute atomic E-state index is 0.0787. The lowest BCUT2D eigenvalue weighted by Crippen LogP contribution is -2.40. The quantitative estimate of drug-likeness (QED) is 0.748. The number of rotatable bonds is 5. The van der Waals surface area contributed by atoms with Crippen LogP contribution in [0.2, 0.25) is 5.02 Å². The summed E-state index contributed by atoms with van der Waals surface area (Å²) in [5.41, 5.74) is -1.94. The summed E-state index contributed by atoms with van der Waals surface area (Å²) in [7, 11) is -3.56. The van der Waals surface area contributed by atoms with Crippen LogP contribution in [0, 0.1) is 0 Å². The molecule has 0 atom stereocenters. The number of amides is 1. The highest BCUT2D eigenvalue weighted by atomic mass is 35.5. The van der Waals surface area contributed by atoms with E-state index in [0.29, 0.717) is 25.7 Å². The molecule has 1 N–H and O–H groups in total. The van der Waals surface area contributed by atoms with Crippen LogP contribution in [0.1, 0.15) is 48.7 Å². The molecule has 0 bridgehead atoms. The average molecular weight is 415 g/mol. The predicted molar refractivity (Wildman–Crippen MR) is 88.3 cm³/mol. The van der Waals surface area contributed by atoms with E-state index in [0.717, 1.165) is 12.3 Å². The van der Waals surface area contributed by atoms with Gasteiger partial charge in [-0.1, -0.05) is 11.6 Å². The van der Waals surface area contributed by atoms with Crippen molar-refractivity contribution in [2.24, 2.45) is 0 Å². The summed E-state index contributed by atoms with van der Waals surface area (Å²) >= 11 is 5.66. The van der Waals surface area contributed by atoms with Gasteiger partial charge in [0.2, 0.25) is 0 Å². The Hall–Kier alpha value is -1.39. The molecule has 11 heteroatoms. The number of carbonyl (C=O) groups excluding carboxylic acids is 1. The van der Waals surface area contributed by atoms with Gasteiger partial charge < -0.3 is 5.32 Å². The third-order valence-corrected chi connectivity index (χ3v) is 5.49. The van der Waals surface area contributed by atoms with Crippen molar-refractivity contribution < 1.29 is 30.6 Å². The van der Waals surface area contributed by atoms with E-state index in [1.807, 2.05) is 0 Å². The molecule has 0 saturated heterocycles. The van der Waals surface area contributed by atoms with Gasteiger partial charge in [0.1, 0.15) is 0 Å². The van der Waals surface area contributed by atoms with Crippen LogP contribution in [-0.4, -0.2) is 37.2 Å². The van der Waals surface area contributed by atoms with Crippen molar-refractivity contribution >= 4 is 27.6 Å².